The van der Waals surface area contributed by atoms with Crippen molar-refractivity contribution in [1.29, 1.82) is 0 Å². The predicted molar refractivity (Wildman–Crippen MR) is 134 cm³/mol. The second kappa shape index (κ2) is 15.6. The van der Waals surface area contributed by atoms with Crippen LogP contribution in [0, 0.1) is 0 Å². The summed E-state index contributed by atoms with van der Waals surface area (Å²) >= 11 is 0. The summed E-state index contributed by atoms with van der Waals surface area (Å²) in [5, 5.41) is 142. The van der Waals surface area contributed by atoms with E-state index in [-0.39, 0.29) is 0 Å². The van der Waals surface area contributed by atoms with E-state index in [1.54, 1.807) is 0 Å². The highest BCUT2D eigenvalue weighted by Crippen LogP contribution is 2.32. The molecule has 4 aliphatic heterocycles. The average Bonchev–Trinajstić information content (AvgIpc) is 3.03. The molecule has 21 nitrogen and oxygen atoms in total. The second-order valence-corrected chi connectivity index (χ2v) is 11.2. The molecule has 0 saturated carbocycles. The van der Waals surface area contributed by atoms with E-state index >= 15 is 0 Å². The third-order valence-corrected chi connectivity index (χ3v) is 8.18. The zero-order valence-corrected chi connectivity index (χ0v) is 23.5. The van der Waals surface area contributed by atoms with Crippen molar-refractivity contribution in [3.63, 3.8) is 0 Å². The first kappa shape index (κ1) is 37.0. The Balaban J connectivity index is 1.41. The Bertz CT molecular complexity index is 912. The van der Waals surface area contributed by atoms with Crippen LogP contribution in [0.3, 0.4) is 0 Å². The number of aliphatic hydroxyl groups is 14. The first-order valence-corrected chi connectivity index (χ1v) is 14.1. The highest BCUT2D eigenvalue weighted by molar-refractivity contribution is 4.96. The van der Waals surface area contributed by atoms with Crippen molar-refractivity contribution < 1.29 is 105 Å². The molecule has 4 heterocycles. The fraction of sp³-hybridized carbons (Fsp3) is 1.00. The largest absolute Gasteiger partial charge is 0.394 e. The van der Waals surface area contributed by atoms with Crippen molar-refractivity contribution in [2.45, 2.75) is 123 Å². The summed E-state index contributed by atoms with van der Waals surface area (Å²) in [4.78, 5) is 0. The molecule has 4 rings (SSSR count). The standard InChI is InChI=1S/C24H42O21/c25-1-5-9(28)11(30)16(35)22(41-5)39-4-8-10(29)12(31)17(36)23(43-8)45-20-7(3-27)42-24(18(37)14(20)33)44-19-6(2-26)40-21(38)15(34)13(19)32/h5-38H,1-4H2/t5-,6-,7-,8-,9+,10+,11+,12+,13-,14-,15-,16-,17-,18-,19-,20+,21-,22-,23+,24+/m1/s1. The Hall–Kier alpha value is -0.840. The van der Waals surface area contributed by atoms with Gasteiger partial charge in [0.2, 0.25) is 0 Å². The van der Waals surface area contributed by atoms with Crippen molar-refractivity contribution >= 4 is 0 Å². The molecule has 4 aliphatic rings. The minimum absolute atomic E-state index is 0.683. The molecule has 21 heteroatoms. The van der Waals surface area contributed by atoms with Gasteiger partial charge in [-0.05, 0) is 0 Å². The molecule has 264 valence electrons. The van der Waals surface area contributed by atoms with Gasteiger partial charge in [0.1, 0.15) is 97.7 Å². The SMILES string of the molecule is OC[C@H]1O[C@@H](OC[C@H]2O[C@@H](O[C@@H]3[C@H](O)[C@@H](O)[C@H](O[C@H]4[C@H](O)[C@@H](O)[C@H](O)O[C@@H]4CO)O[C@@H]3CO)[C@H](O)[C@@H](O)[C@H]2O)[C@H](O)[C@@H](O)[C@H]1O. The first-order valence-electron chi connectivity index (χ1n) is 14.1. The van der Waals surface area contributed by atoms with E-state index in [1.165, 1.54) is 0 Å². The van der Waals surface area contributed by atoms with Gasteiger partial charge in [-0.1, -0.05) is 0 Å². The molecule has 4 fully saturated rings. The van der Waals surface area contributed by atoms with E-state index in [2.05, 4.69) is 0 Å². The second-order valence-electron chi connectivity index (χ2n) is 11.2. The van der Waals surface area contributed by atoms with Gasteiger partial charge in [-0.2, -0.15) is 0 Å². The monoisotopic (exact) mass is 666 g/mol. The smallest absolute Gasteiger partial charge is 0.187 e. The summed E-state index contributed by atoms with van der Waals surface area (Å²) in [6.07, 6.45) is -35.0. The van der Waals surface area contributed by atoms with Gasteiger partial charge in [0.05, 0.1) is 26.4 Å². The minimum atomic E-state index is -2.00. The van der Waals surface area contributed by atoms with Crippen LogP contribution in [-0.2, 0) is 33.2 Å². The molecular formula is C24H42O21. The Morgan fingerprint density at radius 2 is 0.778 bits per heavy atom. The molecule has 0 aliphatic carbocycles. The van der Waals surface area contributed by atoms with Gasteiger partial charge in [-0.25, -0.2) is 0 Å². The quantitative estimate of drug-likeness (QED) is 0.103. The molecule has 0 aromatic carbocycles. The summed E-state index contributed by atoms with van der Waals surface area (Å²) in [6.45, 7) is -3.14. The summed E-state index contributed by atoms with van der Waals surface area (Å²) in [5.41, 5.74) is 0. The topological polar surface area (TPSA) is 348 Å². The molecule has 0 radical (unpaired) electrons. The zero-order valence-electron chi connectivity index (χ0n) is 23.5. The summed E-state index contributed by atoms with van der Waals surface area (Å²) in [7, 11) is 0. The number of hydrogen-bond acceptors (Lipinski definition) is 21. The predicted octanol–water partition coefficient (Wildman–Crippen LogP) is -9.75. The zero-order chi connectivity index (χ0) is 33.3. The third-order valence-electron chi connectivity index (χ3n) is 8.18. The molecule has 0 aromatic rings. The van der Waals surface area contributed by atoms with Crippen LogP contribution >= 0.6 is 0 Å². The van der Waals surface area contributed by atoms with Gasteiger partial charge in [0.25, 0.3) is 0 Å². The normalized spacial score (nSPS) is 52.9. The van der Waals surface area contributed by atoms with Crippen molar-refractivity contribution in [3.05, 3.63) is 0 Å². The lowest BCUT2D eigenvalue weighted by molar-refractivity contribution is -0.380. The van der Waals surface area contributed by atoms with Gasteiger partial charge in [0, 0.05) is 0 Å². The van der Waals surface area contributed by atoms with Crippen LogP contribution in [0.25, 0.3) is 0 Å². The molecule has 0 amide bonds. The van der Waals surface area contributed by atoms with Crippen LogP contribution in [0.4, 0.5) is 0 Å². The Morgan fingerprint density at radius 3 is 1.31 bits per heavy atom. The molecule has 0 bridgehead atoms. The van der Waals surface area contributed by atoms with Gasteiger partial charge in [-0.3, -0.25) is 0 Å². The maximum Gasteiger partial charge on any atom is 0.187 e. The van der Waals surface area contributed by atoms with Gasteiger partial charge >= 0.3 is 0 Å². The molecule has 20 atom stereocenters. The van der Waals surface area contributed by atoms with Crippen molar-refractivity contribution in [2.24, 2.45) is 0 Å². The lowest BCUT2D eigenvalue weighted by Gasteiger charge is -2.48. The maximum absolute atomic E-state index is 10.9. The minimum Gasteiger partial charge on any atom is -0.394 e. The molecular weight excluding hydrogens is 624 g/mol. The third kappa shape index (κ3) is 7.59. The summed E-state index contributed by atoms with van der Waals surface area (Å²) in [5.74, 6) is 0. The fourth-order valence-corrected chi connectivity index (χ4v) is 5.44. The van der Waals surface area contributed by atoms with E-state index in [0.717, 1.165) is 0 Å². The number of hydrogen-bond donors (Lipinski definition) is 14. The molecule has 4 saturated heterocycles. The van der Waals surface area contributed by atoms with E-state index in [4.69, 9.17) is 33.2 Å². The number of aliphatic hydroxyl groups excluding tert-OH is 14. The number of ether oxygens (including phenoxy) is 7. The van der Waals surface area contributed by atoms with Crippen LogP contribution in [0.1, 0.15) is 0 Å². The summed E-state index contributed by atoms with van der Waals surface area (Å²) in [6, 6.07) is 0. The van der Waals surface area contributed by atoms with Gasteiger partial charge in [0.15, 0.2) is 25.2 Å². The Labute approximate surface area is 254 Å². The number of rotatable bonds is 10. The lowest BCUT2D eigenvalue weighted by atomic mass is 9.96. The lowest BCUT2D eigenvalue weighted by Crippen LogP contribution is -2.66. The average molecular weight is 667 g/mol. The van der Waals surface area contributed by atoms with Crippen molar-refractivity contribution in [3.8, 4) is 0 Å². The Kier molecular flexibility index (Phi) is 12.8. The first-order chi connectivity index (χ1) is 21.2. The van der Waals surface area contributed by atoms with Crippen LogP contribution in [0.2, 0.25) is 0 Å². The van der Waals surface area contributed by atoms with Crippen LogP contribution < -0.4 is 0 Å². The molecule has 0 unspecified atom stereocenters. The van der Waals surface area contributed by atoms with Gasteiger partial charge < -0.3 is 105 Å². The molecule has 0 spiro atoms. The molecule has 45 heavy (non-hydrogen) atoms. The van der Waals surface area contributed by atoms with E-state index in [0.29, 0.717) is 0 Å². The molecule has 14 N–H and O–H groups in total. The van der Waals surface area contributed by atoms with Crippen LogP contribution in [0.5, 0.6) is 0 Å². The molecule has 0 aromatic heterocycles. The van der Waals surface area contributed by atoms with Crippen LogP contribution in [0.15, 0.2) is 0 Å². The van der Waals surface area contributed by atoms with Crippen molar-refractivity contribution in [1.82, 2.24) is 0 Å². The highest BCUT2D eigenvalue weighted by Gasteiger charge is 2.53. The van der Waals surface area contributed by atoms with Crippen molar-refractivity contribution in [2.75, 3.05) is 26.4 Å². The van der Waals surface area contributed by atoms with E-state index in [1.807, 2.05) is 0 Å². The maximum atomic E-state index is 10.9. The summed E-state index contributed by atoms with van der Waals surface area (Å²) < 4.78 is 37.5. The van der Waals surface area contributed by atoms with E-state index < -0.39 is 149 Å². The fourth-order valence-electron chi connectivity index (χ4n) is 5.44. The van der Waals surface area contributed by atoms with Gasteiger partial charge in [-0.15, -0.1) is 0 Å². The highest BCUT2D eigenvalue weighted by atomic mass is 16.8. The van der Waals surface area contributed by atoms with Crippen LogP contribution in [-0.4, -0.2) is 221 Å². The Morgan fingerprint density at radius 1 is 0.378 bits per heavy atom. The van der Waals surface area contributed by atoms with E-state index in [9.17, 15) is 71.5 Å².